The van der Waals surface area contributed by atoms with Crippen molar-refractivity contribution < 1.29 is 24.1 Å². The summed E-state index contributed by atoms with van der Waals surface area (Å²) in [5.74, 6) is 1.68. The molecule has 1 atom stereocenters. The van der Waals surface area contributed by atoms with Gasteiger partial charge in [0.25, 0.3) is 0 Å². The molecule has 0 amide bonds. The molecule has 0 spiro atoms. The van der Waals surface area contributed by atoms with Gasteiger partial charge < -0.3 is 23.9 Å². The lowest BCUT2D eigenvalue weighted by Crippen LogP contribution is -2.13. The number of ketones is 1. The first-order valence-electron chi connectivity index (χ1n) is 11.2. The maximum atomic E-state index is 13.5. The van der Waals surface area contributed by atoms with Crippen molar-refractivity contribution in [2.75, 3.05) is 14.2 Å². The van der Waals surface area contributed by atoms with Crippen molar-refractivity contribution in [2.45, 2.75) is 26.5 Å². The summed E-state index contributed by atoms with van der Waals surface area (Å²) in [4.78, 5) is 18.2. The van der Waals surface area contributed by atoms with E-state index < -0.39 is 6.10 Å². The van der Waals surface area contributed by atoms with Gasteiger partial charge in [-0.3, -0.25) is 4.79 Å². The molecule has 0 saturated carbocycles. The van der Waals surface area contributed by atoms with Crippen molar-refractivity contribution >= 4 is 16.8 Å². The fourth-order valence-electron chi connectivity index (χ4n) is 3.93. The van der Waals surface area contributed by atoms with Crippen LogP contribution >= 0.6 is 0 Å². The number of aromatic nitrogens is 2. The molecule has 2 aromatic carbocycles. The van der Waals surface area contributed by atoms with Crippen LogP contribution in [0.2, 0.25) is 0 Å². The van der Waals surface area contributed by atoms with E-state index in [0.29, 0.717) is 40.7 Å². The topological polar surface area (TPSA) is 82.8 Å². The molecule has 7 heteroatoms. The molecule has 4 aromatic rings. The number of pyridine rings is 1. The molecule has 0 fully saturated rings. The Labute approximate surface area is 204 Å². The largest absolute Gasteiger partial charge is 0.509 e. The summed E-state index contributed by atoms with van der Waals surface area (Å²) in [5.41, 5.74) is 3.66. The number of carbonyl (C=O) groups is 1. The second-order valence-electron chi connectivity index (χ2n) is 8.22. The SMILES string of the molecule is C=C(O)C(C)Oc1ccc(Cn2c(C)c(C(=O)c3ccc(OC)cc3)c3ccc(OC)nc32)cc1. The van der Waals surface area contributed by atoms with E-state index in [1.165, 1.54) is 0 Å². The average Bonchev–Trinajstić information content (AvgIpc) is 3.14. The van der Waals surface area contributed by atoms with Crippen molar-refractivity contribution in [1.29, 1.82) is 0 Å². The maximum absolute atomic E-state index is 13.5. The normalized spacial score (nSPS) is 11.8. The third-order valence-corrected chi connectivity index (χ3v) is 5.98. The Morgan fingerprint density at radius 2 is 1.66 bits per heavy atom. The van der Waals surface area contributed by atoms with Gasteiger partial charge in [0.2, 0.25) is 5.88 Å². The van der Waals surface area contributed by atoms with E-state index in [-0.39, 0.29) is 11.5 Å². The van der Waals surface area contributed by atoms with Crippen LogP contribution in [-0.4, -0.2) is 40.8 Å². The zero-order chi connectivity index (χ0) is 25.1. The number of ether oxygens (including phenoxy) is 3. The van der Waals surface area contributed by atoms with E-state index in [2.05, 4.69) is 11.6 Å². The second-order valence-corrected chi connectivity index (χ2v) is 8.22. The van der Waals surface area contributed by atoms with Gasteiger partial charge in [-0.2, -0.15) is 4.98 Å². The van der Waals surface area contributed by atoms with E-state index in [1.807, 2.05) is 41.8 Å². The predicted molar refractivity (Wildman–Crippen MR) is 135 cm³/mol. The first-order valence-corrected chi connectivity index (χ1v) is 11.2. The van der Waals surface area contributed by atoms with Gasteiger partial charge in [-0.25, -0.2) is 0 Å². The number of nitrogens with zero attached hydrogens (tertiary/aromatic N) is 2. The standard InChI is InChI=1S/C28H28N2O5/c1-17-26(27(32)21-8-12-22(33-4)13-9-21)24-14-15-25(34-5)29-28(24)30(17)16-20-6-10-23(11-7-20)35-19(3)18(2)31/h6-15,19,31H,2,16H2,1,3-5H3. The molecule has 0 radical (unpaired) electrons. The van der Waals surface area contributed by atoms with Crippen LogP contribution in [0.25, 0.3) is 11.0 Å². The third kappa shape index (κ3) is 4.84. The Balaban J connectivity index is 1.73. The summed E-state index contributed by atoms with van der Waals surface area (Å²) >= 11 is 0. The molecule has 180 valence electrons. The molecule has 7 nitrogen and oxygen atoms in total. The van der Waals surface area contributed by atoms with Crippen molar-refractivity contribution in [3.8, 4) is 17.4 Å². The Hall–Kier alpha value is -4.26. The summed E-state index contributed by atoms with van der Waals surface area (Å²) < 4.78 is 18.3. The molecule has 0 bridgehead atoms. The lowest BCUT2D eigenvalue weighted by Gasteiger charge is -2.14. The summed E-state index contributed by atoms with van der Waals surface area (Å²) in [5, 5.41) is 10.3. The minimum Gasteiger partial charge on any atom is -0.509 e. The van der Waals surface area contributed by atoms with Crippen LogP contribution in [-0.2, 0) is 6.54 Å². The number of hydrogen-bond donors (Lipinski definition) is 1. The number of carbonyl (C=O) groups excluding carboxylic acids is 1. The Bertz CT molecular complexity index is 1370. The molecule has 1 N–H and O–H groups in total. The van der Waals surface area contributed by atoms with Crippen molar-refractivity contribution in [2.24, 2.45) is 0 Å². The van der Waals surface area contributed by atoms with Crippen LogP contribution < -0.4 is 14.2 Å². The van der Waals surface area contributed by atoms with Crippen LogP contribution in [0.5, 0.6) is 17.4 Å². The van der Waals surface area contributed by atoms with Gasteiger partial charge in [0.1, 0.15) is 22.9 Å². The minimum absolute atomic E-state index is 0.0300. The molecule has 2 heterocycles. The van der Waals surface area contributed by atoms with Crippen LogP contribution in [0.15, 0.2) is 73.0 Å². The van der Waals surface area contributed by atoms with Gasteiger partial charge in [0.05, 0.1) is 19.8 Å². The number of fused-ring (bicyclic) bond motifs is 1. The molecular weight excluding hydrogens is 444 g/mol. The summed E-state index contributed by atoms with van der Waals surface area (Å²) in [6, 6.07) is 18.3. The van der Waals surface area contributed by atoms with E-state index in [9.17, 15) is 9.90 Å². The zero-order valence-electron chi connectivity index (χ0n) is 20.2. The molecule has 2 aromatic heterocycles. The Morgan fingerprint density at radius 3 is 2.26 bits per heavy atom. The number of methoxy groups -OCH3 is 2. The highest BCUT2D eigenvalue weighted by atomic mass is 16.5. The highest BCUT2D eigenvalue weighted by Gasteiger charge is 2.23. The van der Waals surface area contributed by atoms with Crippen LogP contribution in [0, 0.1) is 6.92 Å². The predicted octanol–water partition coefficient (Wildman–Crippen LogP) is 5.48. The summed E-state index contributed by atoms with van der Waals surface area (Å²) in [6.45, 7) is 7.66. The molecule has 35 heavy (non-hydrogen) atoms. The number of aliphatic hydroxyl groups is 1. The molecule has 0 aliphatic rings. The fraction of sp³-hybridized carbons (Fsp3) is 0.214. The smallest absolute Gasteiger partial charge is 0.214 e. The summed E-state index contributed by atoms with van der Waals surface area (Å²) in [7, 11) is 3.16. The molecule has 0 aliphatic carbocycles. The number of hydrogen-bond acceptors (Lipinski definition) is 6. The zero-order valence-corrected chi connectivity index (χ0v) is 20.2. The lowest BCUT2D eigenvalue weighted by molar-refractivity contribution is 0.103. The van der Waals surface area contributed by atoms with Crippen LogP contribution in [0.1, 0.15) is 34.1 Å². The van der Waals surface area contributed by atoms with Crippen molar-refractivity contribution in [1.82, 2.24) is 9.55 Å². The van der Waals surface area contributed by atoms with Gasteiger partial charge in [-0.05, 0) is 61.9 Å². The molecule has 0 aliphatic heterocycles. The van der Waals surface area contributed by atoms with Crippen molar-refractivity contribution in [3.63, 3.8) is 0 Å². The summed E-state index contributed by atoms with van der Waals surface area (Å²) in [6.07, 6.45) is -0.500. The van der Waals surface area contributed by atoms with E-state index in [4.69, 9.17) is 14.2 Å². The Kier molecular flexibility index (Phi) is 6.78. The van der Waals surface area contributed by atoms with Crippen molar-refractivity contribution in [3.05, 3.63) is 95.4 Å². The van der Waals surface area contributed by atoms with E-state index in [0.717, 1.165) is 16.6 Å². The second kappa shape index (κ2) is 9.93. The molecule has 0 saturated heterocycles. The maximum Gasteiger partial charge on any atom is 0.214 e. The van der Waals surface area contributed by atoms with Crippen LogP contribution in [0.4, 0.5) is 0 Å². The van der Waals surface area contributed by atoms with Gasteiger partial charge >= 0.3 is 0 Å². The third-order valence-electron chi connectivity index (χ3n) is 5.98. The fourth-order valence-corrected chi connectivity index (χ4v) is 3.93. The first-order chi connectivity index (χ1) is 16.8. The highest BCUT2D eigenvalue weighted by Crippen LogP contribution is 2.30. The van der Waals surface area contributed by atoms with Crippen LogP contribution in [0.3, 0.4) is 0 Å². The first kappa shape index (κ1) is 23.9. The quantitative estimate of drug-likeness (QED) is 0.257. The Morgan fingerprint density at radius 1 is 1.00 bits per heavy atom. The average molecular weight is 473 g/mol. The van der Waals surface area contributed by atoms with E-state index in [1.54, 1.807) is 51.5 Å². The highest BCUT2D eigenvalue weighted by molar-refractivity contribution is 6.17. The minimum atomic E-state index is -0.500. The lowest BCUT2D eigenvalue weighted by atomic mass is 10.0. The van der Waals surface area contributed by atoms with Gasteiger partial charge in [-0.1, -0.05) is 18.7 Å². The molecule has 1 unspecified atom stereocenters. The number of benzene rings is 2. The van der Waals surface area contributed by atoms with E-state index >= 15 is 0 Å². The molecular formula is C28H28N2O5. The van der Waals surface area contributed by atoms with Gasteiger partial charge in [0.15, 0.2) is 11.9 Å². The van der Waals surface area contributed by atoms with Gasteiger partial charge in [-0.15, -0.1) is 0 Å². The van der Waals surface area contributed by atoms with Gasteiger partial charge in [0, 0.05) is 29.3 Å². The molecule has 4 rings (SSSR count). The number of aliphatic hydroxyl groups excluding tert-OH is 1. The monoisotopic (exact) mass is 472 g/mol. The number of rotatable bonds is 9.